The van der Waals surface area contributed by atoms with Gasteiger partial charge in [0, 0.05) is 6.07 Å². The number of nitro groups is 1. The lowest BCUT2D eigenvalue weighted by Gasteiger charge is -2.27. The van der Waals surface area contributed by atoms with Gasteiger partial charge in [-0.3, -0.25) is 10.1 Å². The molecule has 1 atom stereocenters. The molecule has 0 aliphatic heterocycles. The van der Waals surface area contributed by atoms with Gasteiger partial charge in [0.1, 0.15) is 6.67 Å². The zero-order chi connectivity index (χ0) is 20.4. The Morgan fingerprint density at radius 3 is 2.11 bits per heavy atom. The smallest absolute Gasteiger partial charge is 0.258 e. The van der Waals surface area contributed by atoms with Crippen molar-refractivity contribution < 1.29 is 26.1 Å². The maximum Gasteiger partial charge on any atom is 0.289 e. The summed E-state index contributed by atoms with van der Waals surface area (Å²) in [4.78, 5) is 9.42. The molecule has 11 heteroatoms. The first-order valence-corrected chi connectivity index (χ1v) is 10.9. The molecule has 8 nitrogen and oxygen atoms in total. The standard InChI is InChI=1S/C16H17FN2O6S2/c1-12-7-9-13(10-8-12)15(11-17)19(26(2,22)23)27(24,25)16-6-4-3-5-14(16)18(20)21/h3-10,15H,11H2,1-2H3. The van der Waals surface area contributed by atoms with E-state index < -0.39 is 48.3 Å². The van der Waals surface area contributed by atoms with Gasteiger partial charge in [-0.2, -0.15) is 0 Å². The van der Waals surface area contributed by atoms with Gasteiger partial charge in [0.25, 0.3) is 15.7 Å². The van der Waals surface area contributed by atoms with Crippen molar-refractivity contribution >= 4 is 25.7 Å². The molecular weight excluding hydrogens is 399 g/mol. The Hall–Kier alpha value is -2.37. The van der Waals surface area contributed by atoms with Crippen molar-refractivity contribution in [3.05, 3.63) is 69.8 Å². The Bertz CT molecular complexity index is 1050. The van der Waals surface area contributed by atoms with E-state index in [-0.39, 0.29) is 9.27 Å². The average molecular weight is 416 g/mol. The molecule has 0 fully saturated rings. The molecule has 27 heavy (non-hydrogen) atoms. The van der Waals surface area contributed by atoms with Crippen LogP contribution in [0, 0.1) is 17.0 Å². The Morgan fingerprint density at radius 2 is 1.63 bits per heavy atom. The molecule has 0 radical (unpaired) electrons. The monoisotopic (exact) mass is 416 g/mol. The Kier molecular flexibility index (Phi) is 5.97. The molecule has 0 amide bonds. The van der Waals surface area contributed by atoms with Gasteiger partial charge in [0.05, 0.1) is 17.2 Å². The van der Waals surface area contributed by atoms with Crippen molar-refractivity contribution in [1.82, 2.24) is 3.71 Å². The van der Waals surface area contributed by atoms with Crippen LogP contribution in [0.2, 0.25) is 0 Å². The van der Waals surface area contributed by atoms with Crippen LogP contribution in [-0.2, 0) is 20.0 Å². The minimum Gasteiger partial charge on any atom is -0.258 e. The van der Waals surface area contributed by atoms with Crippen LogP contribution in [0.25, 0.3) is 0 Å². The summed E-state index contributed by atoms with van der Waals surface area (Å²) in [7, 11) is -9.44. The Labute approximate surface area is 156 Å². The van der Waals surface area contributed by atoms with Crippen LogP contribution in [0.3, 0.4) is 0 Å². The third-order valence-corrected chi connectivity index (χ3v) is 7.71. The van der Waals surface area contributed by atoms with Gasteiger partial charge >= 0.3 is 0 Å². The van der Waals surface area contributed by atoms with Crippen molar-refractivity contribution in [2.75, 3.05) is 12.9 Å². The van der Waals surface area contributed by atoms with Gasteiger partial charge in [-0.1, -0.05) is 45.7 Å². The van der Waals surface area contributed by atoms with Gasteiger partial charge in [-0.05, 0) is 18.6 Å². The molecule has 0 spiro atoms. The van der Waals surface area contributed by atoms with E-state index in [1.807, 2.05) is 0 Å². The van der Waals surface area contributed by atoms with E-state index in [1.54, 1.807) is 19.1 Å². The maximum absolute atomic E-state index is 13.8. The second kappa shape index (κ2) is 7.71. The van der Waals surface area contributed by atoms with E-state index in [9.17, 15) is 31.3 Å². The summed E-state index contributed by atoms with van der Waals surface area (Å²) in [5.41, 5.74) is 0.118. The van der Waals surface area contributed by atoms with Crippen LogP contribution < -0.4 is 0 Å². The number of hydrogen-bond donors (Lipinski definition) is 0. The van der Waals surface area contributed by atoms with Crippen molar-refractivity contribution in [3.8, 4) is 0 Å². The second-order valence-corrected chi connectivity index (χ2v) is 9.67. The number of nitrogens with zero attached hydrogens (tertiary/aromatic N) is 2. The quantitative estimate of drug-likeness (QED) is 0.506. The van der Waals surface area contributed by atoms with Crippen LogP contribution in [0.4, 0.5) is 10.1 Å². The fraction of sp³-hybridized carbons (Fsp3) is 0.250. The molecule has 1 unspecified atom stereocenters. The van der Waals surface area contributed by atoms with E-state index in [0.29, 0.717) is 6.26 Å². The van der Waals surface area contributed by atoms with E-state index in [4.69, 9.17) is 0 Å². The lowest BCUT2D eigenvalue weighted by molar-refractivity contribution is -0.387. The van der Waals surface area contributed by atoms with Crippen molar-refractivity contribution in [2.24, 2.45) is 0 Å². The number of alkyl halides is 1. The fourth-order valence-electron chi connectivity index (χ4n) is 2.56. The summed E-state index contributed by atoms with van der Waals surface area (Å²) in [6.07, 6.45) is 0.607. The van der Waals surface area contributed by atoms with Gasteiger partial charge < -0.3 is 0 Å². The van der Waals surface area contributed by atoms with E-state index in [2.05, 4.69) is 0 Å². The topological polar surface area (TPSA) is 115 Å². The normalized spacial score (nSPS) is 13.5. The van der Waals surface area contributed by atoms with Gasteiger partial charge in [0.15, 0.2) is 4.90 Å². The van der Waals surface area contributed by atoms with E-state index in [0.717, 1.165) is 17.7 Å². The van der Waals surface area contributed by atoms with Crippen LogP contribution >= 0.6 is 0 Å². The van der Waals surface area contributed by atoms with Crippen molar-refractivity contribution in [1.29, 1.82) is 0 Å². The molecule has 2 rings (SSSR count). The second-order valence-electron chi connectivity index (χ2n) is 5.80. The lowest BCUT2D eigenvalue weighted by atomic mass is 10.1. The molecule has 0 aliphatic carbocycles. The SMILES string of the molecule is Cc1ccc(C(CF)N(S(C)(=O)=O)S(=O)(=O)c2ccccc2[N+](=O)[O-])cc1. The van der Waals surface area contributed by atoms with Gasteiger partial charge in [-0.15, -0.1) is 0 Å². The predicted octanol–water partition coefficient (Wildman–Crippen LogP) is 2.56. The molecule has 0 bridgehead atoms. The highest BCUT2D eigenvalue weighted by atomic mass is 32.3. The molecular formula is C16H17FN2O6S2. The molecule has 0 heterocycles. The minimum absolute atomic E-state index is 0.00694. The first-order valence-electron chi connectivity index (χ1n) is 7.60. The summed E-state index contributed by atoms with van der Waals surface area (Å²) in [6, 6.07) is 8.60. The Balaban J connectivity index is 2.73. The summed E-state index contributed by atoms with van der Waals surface area (Å²) in [6.45, 7) is 0.419. The molecule has 2 aromatic rings. The molecule has 0 saturated heterocycles. The summed E-state index contributed by atoms with van der Waals surface area (Å²) >= 11 is 0. The summed E-state index contributed by atoms with van der Waals surface area (Å²) < 4.78 is 64.4. The molecule has 0 aliphatic rings. The molecule has 0 N–H and O–H groups in total. The number of hydrogen-bond acceptors (Lipinski definition) is 6. The van der Waals surface area contributed by atoms with Crippen molar-refractivity contribution in [2.45, 2.75) is 17.9 Å². The minimum atomic E-state index is -4.94. The number of nitro benzene ring substituents is 1. The highest BCUT2D eigenvalue weighted by Crippen LogP contribution is 2.34. The third-order valence-electron chi connectivity index (χ3n) is 3.77. The van der Waals surface area contributed by atoms with Crippen LogP contribution in [0.15, 0.2) is 53.4 Å². The van der Waals surface area contributed by atoms with Crippen LogP contribution in [0.1, 0.15) is 17.2 Å². The average Bonchev–Trinajstić information content (AvgIpc) is 2.59. The van der Waals surface area contributed by atoms with Crippen LogP contribution in [0.5, 0.6) is 0 Å². The van der Waals surface area contributed by atoms with Gasteiger partial charge in [0.2, 0.25) is 10.0 Å². The Morgan fingerprint density at radius 1 is 1.07 bits per heavy atom. The lowest BCUT2D eigenvalue weighted by Crippen LogP contribution is -2.40. The predicted molar refractivity (Wildman–Crippen MR) is 96.9 cm³/mol. The maximum atomic E-state index is 13.8. The fourth-order valence-corrected chi connectivity index (χ4v) is 6.23. The summed E-state index contributed by atoms with van der Waals surface area (Å²) in [5.74, 6) is 0. The van der Waals surface area contributed by atoms with E-state index >= 15 is 0 Å². The number of sulfonamides is 2. The number of para-hydroxylation sites is 1. The highest BCUT2D eigenvalue weighted by Gasteiger charge is 2.42. The van der Waals surface area contributed by atoms with Crippen molar-refractivity contribution in [3.63, 3.8) is 0 Å². The first-order chi connectivity index (χ1) is 12.5. The zero-order valence-corrected chi connectivity index (χ0v) is 16.1. The molecule has 0 saturated carbocycles. The first kappa shape index (κ1) is 20.9. The highest BCUT2D eigenvalue weighted by molar-refractivity contribution is 8.03. The van der Waals surface area contributed by atoms with Gasteiger partial charge in [-0.25, -0.2) is 21.2 Å². The van der Waals surface area contributed by atoms with E-state index in [1.165, 1.54) is 24.3 Å². The molecule has 0 aromatic heterocycles. The number of rotatable bonds is 7. The number of aryl methyl sites for hydroxylation is 1. The number of benzene rings is 2. The largest absolute Gasteiger partial charge is 0.289 e. The zero-order valence-electron chi connectivity index (χ0n) is 14.4. The molecule has 146 valence electrons. The third kappa shape index (κ3) is 4.31. The summed E-state index contributed by atoms with van der Waals surface area (Å²) in [5, 5.41) is 11.2. The van der Waals surface area contributed by atoms with Crippen LogP contribution in [-0.4, -0.2) is 38.4 Å². The number of halogens is 1. The molecule has 2 aromatic carbocycles.